The summed E-state index contributed by atoms with van der Waals surface area (Å²) in [5, 5.41) is 11.5. The fourth-order valence-electron chi connectivity index (χ4n) is 3.79. The molecule has 0 amide bonds. The van der Waals surface area contributed by atoms with Gasteiger partial charge in [0.1, 0.15) is 16.9 Å². The summed E-state index contributed by atoms with van der Waals surface area (Å²) in [6.07, 6.45) is 0. The van der Waals surface area contributed by atoms with Crippen molar-refractivity contribution >= 4 is 11.0 Å². The van der Waals surface area contributed by atoms with Gasteiger partial charge in [0.25, 0.3) is 0 Å². The molecule has 0 radical (unpaired) electrons. The van der Waals surface area contributed by atoms with Crippen LogP contribution < -0.4 is 5.63 Å². The maximum Gasteiger partial charge on any atom is 0.349 e. The largest absolute Gasteiger partial charge is 0.506 e. The van der Waals surface area contributed by atoms with Crippen LogP contribution in [0.5, 0.6) is 5.75 Å². The number of aromatic nitrogens is 1. The second kappa shape index (κ2) is 7.58. The number of aryl methyl sites for hydroxylation is 1. The van der Waals surface area contributed by atoms with Crippen molar-refractivity contribution in [3.05, 3.63) is 107 Å². The summed E-state index contributed by atoms with van der Waals surface area (Å²) in [5.74, 6) is -0.119. The van der Waals surface area contributed by atoms with Gasteiger partial charge in [0.05, 0.1) is 16.8 Å². The Bertz CT molecular complexity index is 1400. The van der Waals surface area contributed by atoms with E-state index in [-0.39, 0.29) is 11.3 Å². The van der Waals surface area contributed by atoms with Crippen molar-refractivity contribution in [2.75, 3.05) is 0 Å². The zero-order valence-corrected chi connectivity index (χ0v) is 16.9. The molecule has 0 aliphatic rings. The van der Waals surface area contributed by atoms with E-state index in [1.165, 1.54) is 0 Å². The highest BCUT2D eigenvalue weighted by atomic mass is 16.4. The molecule has 2 aromatic heterocycles. The lowest BCUT2D eigenvalue weighted by Crippen LogP contribution is -2.06. The summed E-state index contributed by atoms with van der Waals surface area (Å²) in [6.45, 7) is 1.84. The topological polar surface area (TPSA) is 63.3 Å². The number of hydrogen-bond acceptors (Lipinski definition) is 4. The van der Waals surface area contributed by atoms with E-state index in [1.54, 1.807) is 6.07 Å². The van der Waals surface area contributed by atoms with Crippen molar-refractivity contribution in [1.82, 2.24) is 4.98 Å². The van der Waals surface area contributed by atoms with Gasteiger partial charge in [-0.05, 0) is 41.8 Å². The van der Waals surface area contributed by atoms with Crippen LogP contribution in [0.1, 0.15) is 5.56 Å². The van der Waals surface area contributed by atoms with Crippen LogP contribution >= 0.6 is 0 Å². The smallest absolute Gasteiger partial charge is 0.349 e. The van der Waals surface area contributed by atoms with Crippen LogP contribution in [0.25, 0.3) is 44.6 Å². The van der Waals surface area contributed by atoms with Crippen molar-refractivity contribution in [2.45, 2.75) is 6.92 Å². The first-order chi connectivity index (χ1) is 15.1. The van der Waals surface area contributed by atoms with E-state index in [1.807, 2.05) is 91.9 Å². The van der Waals surface area contributed by atoms with E-state index in [0.717, 1.165) is 22.3 Å². The molecule has 0 fully saturated rings. The Morgan fingerprint density at radius 2 is 1.39 bits per heavy atom. The highest BCUT2D eigenvalue weighted by Crippen LogP contribution is 2.36. The van der Waals surface area contributed by atoms with Crippen LogP contribution in [0.15, 0.2) is 100 Å². The fraction of sp³-hybridized carbons (Fsp3) is 0.0370. The first-order valence-electron chi connectivity index (χ1n) is 10.0. The van der Waals surface area contributed by atoms with Crippen molar-refractivity contribution < 1.29 is 9.52 Å². The Morgan fingerprint density at radius 1 is 0.742 bits per heavy atom. The minimum atomic E-state index is -0.615. The maximum absolute atomic E-state index is 12.9. The number of rotatable bonds is 3. The second-order valence-corrected chi connectivity index (χ2v) is 7.42. The number of hydrogen-bond donors (Lipinski definition) is 1. The predicted octanol–water partition coefficient (Wildman–Crippen LogP) is 6.20. The van der Waals surface area contributed by atoms with Gasteiger partial charge in [-0.25, -0.2) is 9.78 Å². The van der Waals surface area contributed by atoms with Crippen LogP contribution in [0.2, 0.25) is 0 Å². The van der Waals surface area contributed by atoms with E-state index in [4.69, 9.17) is 9.40 Å². The molecule has 0 saturated carbocycles. The molecular formula is C27H19NO3. The summed E-state index contributed by atoms with van der Waals surface area (Å²) in [4.78, 5) is 17.7. The van der Waals surface area contributed by atoms with E-state index >= 15 is 0 Å². The zero-order chi connectivity index (χ0) is 21.4. The molecule has 4 heteroatoms. The lowest BCUT2D eigenvalue weighted by atomic mass is 9.99. The molecule has 150 valence electrons. The van der Waals surface area contributed by atoms with Crippen LogP contribution in [0, 0.1) is 6.92 Å². The summed E-state index contributed by atoms with van der Waals surface area (Å²) in [7, 11) is 0. The first-order valence-corrected chi connectivity index (χ1v) is 10.0. The van der Waals surface area contributed by atoms with Gasteiger partial charge >= 0.3 is 5.63 Å². The number of fused-ring (bicyclic) bond motifs is 1. The van der Waals surface area contributed by atoms with Crippen molar-refractivity contribution in [1.29, 1.82) is 0 Å². The Hall–Kier alpha value is -4.18. The molecule has 5 rings (SSSR count). The van der Waals surface area contributed by atoms with Gasteiger partial charge in [-0.15, -0.1) is 0 Å². The molecule has 0 aliphatic heterocycles. The zero-order valence-electron chi connectivity index (χ0n) is 16.9. The SMILES string of the molecule is Cc1cccc2c(O)c(-c3cc(-c4ccccc4)cc(-c4ccccc4)n3)c(=O)oc12. The molecule has 5 aromatic rings. The van der Waals surface area contributed by atoms with Crippen LogP contribution in [0.4, 0.5) is 0 Å². The number of pyridine rings is 1. The first kappa shape index (κ1) is 18.8. The minimum Gasteiger partial charge on any atom is -0.506 e. The second-order valence-electron chi connectivity index (χ2n) is 7.42. The van der Waals surface area contributed by atoms with Crippen molar-refractivity contribution in [2.24, 2.45) is 0 Å². The number of nitrogens with zero attached hydrogens (tertiary/aromatic N) is 1. The molecule has 0 aliphatic carbocycles. The summed E-state index contributed by atoms with van der Waals surface area (Å²) >= 11 is 0. The quantitative estimate of drug-likeness (QED) is 0.363. The average molecular weight is 405 g/mol. The standard InChI is InChI=1S/C27H19NO3/c1-17-9-8-14-21-25(29)24(27(30)31-26(17)21)23-16-20(18-10-4-2-5-11-18)15-22(28-23)19-12-6-3-7-13-19/h2-16,29H,1H3. The van der Waals surface area contributed by atoms with Crippen LogP contribution in [-0.4, -0.2) is 10.1 Å². The monoisotopic (exact) mass is 405 g/mol. The molecule has 1 N–H and O–H groups in total. The molecule has 0 bridgehead atoms. The number of benzene rings is 3. The van der Waals surface area contributed by atoms with E-state index in [2.05, 4.69) is 0 Å². The van der Waals surface area contributed by atoms with Crippen molar-refractivity contribution in [3.63, 3.8) is 0 Å². The van der Waals surface area contributed by atoms with Gasteiger partial charge in [-0.3, -0.25) is 0 Å². The molecule has 0 spiro atoms. The Kier molecular flexibility index (Phi) is 4.60. The highest BCUT2D eigenvalue weighted by molar-refractivity contribution is 5.92. The lowest BCUT2D eigenvalue weighted by Gasteiger charge is -2.12. The van der Waals surface area contributed by atoms with Gasteiger partial charge in [-0.2, -0.15) is 0 Å². The molecule has 0 atom stereocenters. The summed E-state index contributed by atoms with van der Waals surface area (Å²) in [5.41, 5.74) is 4.50. The number of aromatic hydroxyl groups is 1. The van der Waals surface area contributed by atoms with Gasteiger partial charge in [0.15, 0.2) is 0 Å². The Labute approximate surface area is 179 Å². The van der Waals surface area contributed by atoms with Gasteiger partial charge in [0, 0.05) is 5.56 Å². The summed E-state index contributed by atoms with van der Waals surface area (Å²) in [6, 6.07) is 28.8. The third kappa shape index (κ3) is 3.38. The molecule has 31 heavy (non-hydrogen) atoms. The highest BCUT2D eigenvalue weighted by Gasteiger charge is 2.19. The number of para-hydroxylation sites is 1. The molecule has 2 heterocycles. The molecule has 3 aromatic carbocycles. The van der Waals surface area contributed by atoms with E-state index < -0.39 is 5.63 Å². The predicted molar refractivity (Wildman–Crippen MR) is 123 cm³/mol. The molecule has 0 unspecified atom stereocenters. The molecule has 4 nitrogen and oxygen atoms in total. The fourth-order valence-corrected chi connectivity index (χ4v) is 3.79. The summed E-state index contributed by atoms with van der Waals surface area (Å²) < 4.78 is 5.59. The maximum atomic E-state index is 12.9. The lowest BCUT2D eigenvalue weighted by molar-refractivity contribution is 0.470. The molecular weight excluding hydrogens is 386 g/mol. The van der Waals surface area contributed by atoms with Gasteiger partial charge in [0.2, 0.25) is 0 Å². The van der Waals surface area contributed by atoms with E-state index in [9.17, 15) is 9.90 Å². The molecule has 0 saturated heterocycles. The Balaban J connectivity index is 1.81. The third-order valence-corrected chi connectivity index (χ3v) is 5.36. The van der Waals surface area contributed by atoms with Crippen molar-refractivity contribution in [3.8, 4) is 39.4 Å². The van der Waals surface area contributed by atoms with Gasteiger partial charge < -0.3 is 9.52 Å². The average Bonchev–Trinajstić information content (AvgIpc) is 2.81. The Morgan fingerprint density at radius 3 is 2.10 bits per heavy atom. The minimum absolute atomic E-state index is 0.0630. The third-order valence-electron chi connectivity index (χ3n) is 5.36. The van der Waals surface area contributed by atoms with Crippen LogP contribution in [0.3, 0.4) is 0 Å². The normalized spacial score (nSPS) is 11.0. The van der Waals surface area contributed by atoms with Gasteiger partial charge in [-0.1, -0.05) is 72.8 Å². The van der Waals surface area contributed by atoms with E-state index in [0.29, 0.717) is 22.4 Å². The van der Waals surface area contributed by atoms with Crippen LogP contribution in [-0.2, 0) is 0 Å².